The van der Waals surface area contributed by atoms with Crippen molar-refractivity contribution in [2.24, 2.45) is 17.1 Å². The van der Waals surface area contributed by atoms with Crippen molar-refractivity contribution in [3.8, 4) is 11.3 Å². The van der Waals surface area contributed by atoms with Gasteiger partial charge in [0.15, 0.2) is 0 Å². The minimum Gasteiger partial charge on any atom is -0.480 e. The fourth-order valence-electron chi connectivity index (χ4n) is 6.74. The van der Waals surface area contributed by atoms with Crippen LogP contribution in [0.3, 0.4) is 0 Å². The normalized spacial score (nSPS) is 14.0. The van der Waals surface area contributed by atoms with Crippen molar-refractivity contribution >= 4 is 51.4 Å². The van der Waals surface area contributed by atoms with E-state index in [9.17, 15) is 38.3 Å². The Kier molecular flexibility index (Phi) is 19.0. The summed E-state index contributed by atoms with van der Waals surface area (Å²) in [6.07, 6.45) is 2.42. The number of unbranched alkanes of at least 4 members (excludes halogenated alkanes) is 1. The highest BCUT2D eigenvalue weighted by Gasteiger charge is 2.38. The topological polar surface area (TPSA) is 218 Å². The molecule has 0 saturated carbocycles. The molecule has 0 aliphatic carbocycles. The van der Waals surface area contributed by atoms with Crippen molar-refractivity contribution in [1.29, 1.82) is 0 Å². The van der Waals surface area contributed by atoms with E-state index in [-0.39, 0.29) is 54.3 Å². The van der Waals surface area contributed by atoms with E-state index < -0.39 is 76.9 Å². The molecule has 2 aromatic carbocycles. The predicted molar refractivity (Wildman–Crippen MR) is 230 cm³/mol. The zero-order valence-corrected chi connectivity index (χ0v) is 37.4. The minimum absolute atomic E-state index is 0.00700. The van der Waals surface area contributed by atoms with Gasteiger partial charge in [-0.3, -0.25) is 24.0 Å². The number of benzene rings is 2. The van der Waals surface area contributed by atoms with Crippen LogP contribution in [0.4, 0.5) is 8.78 Å². The van der Waals surface area contributed by atoms with Crippen LogP contribution in [-0.4, -0.2) is 97.6 Å². The second-order valence-electron chi connectivity index (χ2n) is 16.4. The summed E-state index contributed by atoms with van der Waals surface area (Å²) in [5.74, 6) is -4.89. The zero-order valence-electron chi connectivity index (χ0n) is 35.8. The number of carbonyl (C=O) groups is 6. The maximum absolute atomic E-state index is 15.0. The fourth-order valence-corrected chi connectivity index (χ4v) is 6.90. The number of nitrogens with zero attached hydrogens (tertiary/aromatic N) is 3. The van der Waals surface area contributed by atoms with E-state index in [0.29, 0.717) is 25.2 Å². The van der Waals surface area contributed by atoms with Gasteiger partial charge in [0.25, 0.3) is 0 Å². The smallest absolute Gasteiger partial charge is 0.326 e. The quantitative estimate of drug-likeness (QED) is 0.0620. The van der Waals surface area contributed by atoms with Crippen molar-refractivity contribution in [2.75, 3.05) is 18.4 Å². The van der Waals surface area contributed by atoms with E-state index in [0.717, 1.165) is 23.8 Å². The first-order valence-electron chi connectivity index (χ1n) is 20.2. The van der Waals surface area contributed by atoms with Crippen LogP contribution in [-0.2, 0) is 35.3 Å². The number of nitrogens with two attached hydrogens (primary N) is 1. The number of carboxylic acids is 1. The van der Waals surface area contributed by atoms with E-state index in [4.69, 9.17) is 10.7 Å². The largest absolute Gasteiger partial charge is 0.480 e. The molecular weight excluding hydrogens is 858 g/mol. The summed E-state index contributed by atoms with van der Waals surface area (Å²) >= 11 is 3.03. The van der Waals surface area contributed by atoms with Crippen LogP contribution in [0.5, 0.6) is 0 Å². The third kappa shape index (κ3) is 15.0. The molecule has 0 unspecified atom stereocenters. The van der Waals surface area contributed by atoms with Gasteiger partial charge >= 0.3 is 5.97 Å². The van der Waals surface area contributed by atoms with Crippen molar-refractivity contribution < 1.29 is 42.7 Å². The summed E-state index contributed by atoms with van der Waals surface area (Å²) in [6.45, 7) is 12.6. The van der Waals surface area contributed by atoms with E-state index in [1.54, 1.807) is 24.9 Å². The van der Waals surface area contributed by atoms with Crippen LogP contribution in [0, 0.1) is 23.0 Å². The molecule has 61 heavy (non-hydrogen) atoms. The molecule has 334 valence electrons. The zero-order chi connectivity index (χ0) is 45.6. The Morgan fingerprint density at radius 1 is 0.918 bits per heavy atom. The molecule has 5 atom stereocenters. The molecule has 18 heteroatoms. The number of alkyl halides is 1. The maximum Gasteiger partial charge on any atom is 0.326 e. The molecule has 15 nitrogen and oxygen atoms in total. The lowest BCUT2D eigenvalue weighted by atomic mass is 9.84. The molecule has 0 saturated heterocycles. The number of amides is 5. The first kappa shape index (κ1) is 50.1. The van der Waals surface area contributed by atoms with Gasteiger partial charge in [0.05, 0.1) is 23.1 Å². The van der Waals surface area contributed by atoms with Gasteiger partial charge in [-0.2, -0.15) is 0 Å². The fraction of sp³-hybridized carbons (Fsp3) is 0.512. The molecule has 3 rings (SSSR count). The highest BCUT2D eigenvalue weighted by atomic mass is 79.9. The molecular formula is C43H59BrF2N8O7. The van der Waals surface area contributed by atoms with Crippen molar-refractivity contribution in [2.45, 2.75) is 111 Å². The number of hydrogen-bond acceptors (Lipinski definition) is 8. The van der Waals surface area contributed by atoms with E-state index in [1.807, 2.05) is 55.7 Å². The Balaban J connectivity index is 1.63. The number of carbonyl (C=O) groups excluding carboxylic acids is 5. The van der Waals surface area contributed by atoms with Crippen molar-refractivity contribution in [1.82, 2.24) is 35.7 Å². The third-order valence-corrected chi connectivity index (χ3v) is 10.5. The van der Waals surface area contributed by atoms with Gasteiger partial charge in [0.2, 0.25) is 29.5 Å². The highest BCUT2D eigenvalue weighted by Crippen LogP contribution is 2.39. The molecule has 0 aliphatic rings. The summed E-state index contributed by atoms with van der Waals surface area (Å²) in [5.41, 5.74) is 6.78. The number of hydrogen-bond donors (Lipinski definition) is 6. The second-order valence-corrected chi connectivity index (χ2v) is 17.0. The number of aromatic nitrogens is 2. The van der Waals surface area contributed by atoms with Crippen molar-refractivity contribution in [3.05, 3.63) is 77.8 Å². The number of aliphatic carboxylic acids is 1. The Morgan fingerprint density at radius 3 is 2.18 bits per heavy atom. The van der Waals surface area contributed by atoms with Crippen molar-refractivity contribution in [3.63, 3.8) is 0 Å². The van der Waals surface area contributed by atoms with Crippen LogP contribution >= 0.6 is 15.9 Å². The number of rotatable bonds is 22. The highest BCUT2D eigenvalue weighted by molar-refractivity contribution is 9.09. The molecule has 0 bridgehead atoms. The van der Waals surface area contributed by atoms with Crippen LogP contribution in [0.15, 0.2) is 54.7 Å². The van der Waals surface area contributed by atoms with Gasteiger partial charge in [0.1, 0.15) is 35.6 Å². The first-order valence-corrected chi connectivity index (χ1v) is 21.3. The molecule has 0 fully saturated rings. The van der Waals surface area contributed by atoms with Crippen LogP contribution < -0.4 is 27.0 Å². The number of imidazole rings is 1. The Morgan fingerprint density at radius 2 is 1.59 bits per heavy atom. The van der Waals surface area contributed by atoms with Gasteiger partial charge in [-0.25, -0.2) is 18.6 Å². The Hall–Kier alpha value is -5.23. The standard InChI is InChI=1S/C43H59BrF2N8O7/c1-25(2)36(52-35(56)22-44)41(59)49-26(3)39(57)51-33(42(60)61)15-11-12-19-48-40(58)32(47)18-20-54(27(4)55)37(43(5,6)7)38-50-34(30-21-29(45)16-17-31(30)46)24-53(38)23-28-13-9-8-10-14-28/h8-10,13-14,16-17,21,24-26,32-33,36-37H,11-12,15,18-20,22-23,47H2,1-7H3,(H,48,58)(H,49,59)(H,51,57)(H,52,56)(H,60,61)/t26-,32-,33-,36-,37-/m0/s1. The average Bonchev–Trinajstić information content (AvgIpc) is 3.59. The van der Waals surface area contributed by atoms with Gasteiger partial charge in [-0.1, -0.05) is 80.9 Å². The van der Waals surface area contributed by atoms with Gasteiger partial charge < -0.3 is 41.6 Å². The summed E-state index contributed by atoms with van der Waals surface area (Å²) in [5, 5.41) is 20.0. The number of carboxylic acid groups (broad SMARTS) is 1. The SMILES string of the molecule is CC(=O)N(CC[C@H](N)C(=O)NCCCC[C@H](NC(=O)[C@H](C)NC(=O)[C@@H](NC(=O)CBr)C(C)C)C(=O)O)[C@@H](c1nc(-c2cc(F)ccc2F)cn1Cc1ccccc1)C(C)(C)C. The summed E-state index contributed by atoms with van der Waals surface area (Å²) in [4.78, 5) is 82.2. The monoisotopic (exact) mass is 916 g/mol. The second kappa shape index (κ2) is 23.1. The molecule has 7 N–H and O–H groups in total. The summed E-state index contributed by atoms with van der Waals surface area (Å²) in [6, 6.07) is 7.68. The van der Waals surface area contributed by atoms with Crippen LogP contribution in [0.25, 0.3) is 11.3 Å². The van der Waals surface area contributed by atoms with E-state index >= 15 is 4.39 Å². The van der Waals surface area contributed by atoms with E-state index in [1.165, 1.54) is 13.8 Å². The molecule has 5 amide bonds. The van der Waals surface area contributed by atoms with Gasteiger partial charge in [-0.05, 0) is 67.7 Å². The van der Waals surface area contributed by atoms with E-state index in [2.05, 4.69) is 37.2 Å². The number of halogens is 3. The average molecular weight is 918 g/mol. The molecule has 1 aromatic heterocycles. The van der Waals surface area contributed by atoms with Crippen LogP contribution in [0.1, 0.15) is 91.6 Å². The molecule has 0 radical (unpaired) electrons. The summed E-state index contributed by atoms with van der Waals surface area (Å²) in [7, 11) is 0. The molecule has 1 heterocycles. The van der Waals surface area contributed by atoms with Gasteiger partial charge in [0, 0.05) is 38.3 Å². The lowest BCUT2D eigenvalue weighted by Crippen LogP contribution is -2.56. The first-order chi connectivity index (χ1) is 28.6. The third-order valence-electron chi connectivity index (χ3n) is 9.98. The molecule has 0 aliphatic heterocycles. The molecule has 3 aromatic rings. The molecule has 0 spiro atoms. The summed E-state index contributed by atoms with van der Waals surface area (Å²) < 4.78 is 31.1. The van der Waals surface area contributed by atoms with Crippen LogP contribution in [0.2, 0.25) is 0 Å². The van der Waals surface area contributed by atoms with Gasteiger partial charge in [-0.15, -0.1) is 0 Å². The Bertz CT molecular complexity index is 1990. The lowest BCUT2D eigenvalue weighted by Gasteiger charge is -2.40. The maximum atomic E-state index is 15.0. The lowest BCUT2D eigenvalue weighted by molar-refractivity contribution is -0.142. The predicted octanol–water partition coefficient (Wildman–Crippen LogP) is 4.43. The minimum atomic E-state index is -1.27. The number of nitrogens with one attached hydrogen (secondary N) is 4. The Labute approximate surface area is 364 Å².